The molecule has 1 N–H and O–H groups in total. The summed E-state index contributed by atoms with van der Waals surface area (Å²) < 4.78 is 6.92. The molecule has 0 amide bonds. The topological polar surface area (TPSA) is 47.3 Å². The molecule has 0 unspecified atom stereocenters. The summed E-state index contributed by atoms with van der Waals surface area (Å²) in [5, 5.41) is 12.8. The van der Waals surface area contributed by atoms with Crippen molar-refractivity contribution in [1.29, 1.82) is 0 Å². The summed E-state index contributed by atoms with van der Waals surface area (Å²) >= 11 is 0. The van der Waals surface area contributed by atoms with Crippen molar-refractivity contribution >= 4 is 0 Å². The van der Waals surface area contributed by atoms with E-state index >= 15 is 0 Å². The third kappa shape index (κ3) is 2.64. The lowest BCUT2D eigenvalue weighted by Gasteiger charge is -2.00. The van der Waals surface area contributed by atoms with Gasteiger partial charge in [0.25, 0.3) is 0 Å². The molecule has 0 atom stereocenters. The van der Waals surface area contributed by atoms with Crippen LogP contribution in [0, 0.1) is 0 Å². The summed E-state index contributed by atoms with van der Waals surface area (Å²) in [6.45, 7) is 4.15. The van der Waals surface area contributed by atoms with Gasteiger partial charge < -0.3 is 9.84 Å². The fraction of sp³-hybridized carbons (Fsp3) is 0.625. The van der Waals surface area contributed by atoms with Crippen molar-refractivity contribution in [3.63, 3.8) is 0 Å². The van der Waals surface area contributed by atoms with Crippen LogP contribution in [0.4, 0.5) is 0 Å². The summed E-state index contributed by atoms with van der Waals surface area (Å²) in [6.07, 6.45) is 3.48. The average Bonchev–Trinajstić information content (AvgIpc) is 2.53. The normalized spacial score (nSPS) is 10.5. The Kier molecular flexibility index (Phi) is 3.76. The van der Waals surface area contributed by atoms with Gasteiger partial charge in [-0.15, -0.1) is 0 Å². The zero-order valence-corrected chi connectivity index (χ0v) is 7.23. The zero-order chi connectivity index (χ0) is 8.81. The Bertz CT molecular complexity index is 223. The number of aliphatic hydroxyl groups excluding tert-OH is 1. The van der Waals surface area contributed by atoms with Crippen LogP contribution in [0.5, 0.6) is 0 Å². The summed E-state index contributed by atoms with van der Waals surface area (Å²) in [7, 11) is 0. The van der Waals surface area contributed by atoms with Crippen molar-refractivity contribution in [2.75, 3.05) is 13.2 Å². The SMILES string of the molecule is CCOCCn1cc(CO)cn1. The highest BCUT2D eigenvalue weighted by atomic mass is 16.5. The monoisotopic (exact) mass is 170 g/mol. The van der Waals surface area contributed by atoms with Crippen LogP contribution in [-0.4, -0.2) is 28.1 Å². The maximum absolute atomic E-state index is 8.74. The molecule has 0 bridgehead atoms. The van der Waals surface area contributed by atoms with Gasteiger partial charge in [-0.05, 0) is 6.92 Å². The van der Waals surface area contributed by atoms with Gasteiger partial charge >= 0.3 is 0 Å². The van der Waals surface area contributed by atoms with Gasteiger partial charge in [0.2, 0.25) is 0 Å². The van der Waals surface area contributed by atoms with Gasteiger partial charge in [-0.2, -0.15) is 5.10 Å². The second-order valence-corrected chi connectivity index (χ2v) is 2.47. The van der Waals surface area contributed by atoms with E-state index in [-0.39, 0.29) is 6.61 Å². The molecule has 0 saturated heterocycles. The molecule has 1 rings (SSSR count). The predicted molar refractivity (Wildman–Crippen MR) is 44.6 cm³/mol. The van der Waals surface area contributed by atoms with Gasteiger partial charge in [-0.1, -0.05) is 0 Å². The summed E-state index contributed by atoms with van der Waals surface area (Å²) in [4.78, 5) is 0. The first-order valence-corrected chi connectivity index (χ1v) is 4.06. The smallest absolute Gasteiger partial charge is 0.0712 e. The molecule has 1 heterocycles. The van der Waals surface area contributed by atoms with Gasteiger partial charge in [0.05, 0.1) is 26.0 Å². The molecule has 12 heavy (non-hydrogen) atoms. The second-order valence-electron chi connectivity index (χ2n) is 2.47. The third-order valence-corrected chi connectivity index (χ3v) is 1.54. The molecule has 0 radical (unpaired) electrons. The van der Waals surface area contributed by atoms with Crippen molar-refractivity contribution < 1.29 is 9.84 Å². The van der Waals surface area contributed by atoms with Crippen LogP contribution in [-0.2, 0) is 17.9 Å². The quantitative estimate of drug-likeness (QED) is 0.651. The van der Waals surface area contributed by atoms with E-state index < -0.39 is 0 Å². The molecule has 0 spiro atoms. The Balaban J connectivity index is 2.31. The van der Waals surface area contributed by atoms with E-state index in [1.807, 2.05) is 13.1 Å². The molecule has 0 aliphatic carbocycles. The molecular formula is C8H14N2O2. The first-order chi connectivity index (χ1) is 5.86. The number of rotatable bonds is 5. The molecule has 1 aromatic rings. The molecule has 0 fully saturated rings. The van der Waals surface area contributed by atoms with Crippen LogP contribution >= 0.6 is 0 Å². The minimum absolute atomic E-state index is 0.0502. The molecule has 68 valence electrons. The number of nitrogens with zero attached hydrogens (tertiary/aromatic N) is 2. The second kappa shape index (κ2) is 4.90. The van der Waals surface area contributed by atoms with Crippen molar-refractivity contribution in [3.8, 4) is 0 Å². The molecule has 4 heteroatoms. The molecular weight excluding hydrogens is 156 g/mol. The van der Waals surface area contributed by atoms with E-state index in [1.54, 1.807) is 10.9 Å². The van der Waals surface area contributed by atoms with Crippen LogP contribution in [0.15, 0.2) is 12.4 Å². The van der Waals surface area contributed by atoms with Crippen molar-refractivity contribution in [2.24, 2.45) is 0 Å². The van der Waals surface area contributed by atoms with Gasteiger partial charge in [-0.3, -0.25) is 4.68 Å². The fourth-order valence-corrected chi connectivity index (χ4v) is 0.913. The first-order valence-electron chi connectivity index (χ1n) is 4.06. The fourth-order valence-electron chi connectivity index (χ4n) is 0.913. The van der Waals surface area contributed by atoms with E-state index in [9.17, 15) is 0 Å². The minimum atomic E-state index is 0.0502. The maximum Gasteiger partial charge on any atom is 0.0712 e. The Morgan fingerprint density at radius 1 is 1.67 bits per heavy atom. The van der Waals surface area contributed by atoms with Gasteiger partial charge in [0.15, 0.2) is 0 Å². The van der Waals surface area contributed by atoms with E-state index in [2.05, 4.69) is 5.10 Å². The Morgan fingerprint density at radius 3 is 3.08 bits per heavy atom. The molecule has 0 aliphatic heterocycles. The number of hydrogen-bond acceptors (Lipinski definition) is 3. The predicted octanol–water partition coefficient (Wildman–Crippen LogP) is 0.412. The summed E-state index contributed by atoms with van der Waals surface area (Å²) in [5.74, 6) is 0. The highest BCUT2D eigenvalue weighted by Gasteiger charge is 1.95. The van der Waals surface area contributed by atoms with Crippen LogP contribution < -0.4 is 0 Å². The lowest BCUT2D eigenvalue weighted by atomic mass is 10.4. The standard InChI is InChI=1S/C8H14N2O2/c1-2-12-4-3-10-6-8(7-11)5-9-10/h5-6,11H,2-4,7H2,1H3. The van der Waals surface area contributed by atoms with E-state index in [0.29, 0.717) is 6.61 Å². The Morgan fingerprint density at radius 2 is 2.50 bits per heavy atom. The van der Waals surface area contributed by atoms with Crippen LogP contribution in [0.3, 0.4) is 0 Å². The number of ether oxygens (including phenoxy) is 1. The number of aromatic nitrogens is 2. The summed E-state index contributed by atoms with van der Waals surface area (Å²) in [5.41, 5.74) is 0.839. The first kappa shape index (κ1) is 9.22. The lowest BCUT2D eigenvalue weighted by molar-refractivity contribution is 0.136. The number of aliphatic hydroxyl groups is 1. The summed E-state index contributed by atoms with van der Waals surface area (Å²) in [6, 6.07) is 0. The highest BCUT2D eigenvalue weighted by molar-refractivity contribution is 5.01. The van der Waals surface area contributed by atoms with Gasteiger partial charge in [0.1, 0.15) is 0 Å². The van der Waals surface area contributed by atoms with Crippen molar-refractivity contribution in [3.05, 3.63) is 18.0 Å². The molecule has 4 nitrogen and oxygen atoms in total. The minimum Gasteiger partial charge on any atom is -0.392 e. The van der Waals surface area contributed by atoms with Crippen molar-refractivity contribution in [1.82, 2.24) is 9.78 Å². The van der Waals surface area contributed by atoms with Gasteiger partial charge in [0, 0.05) is 18.4 Å². The van der Waals surface area contributed by atoms with Crippen LogP contribution in [0.1, 0.15) is 12.5 Å². The maximum atomic E-state index is 8.74. The van der Waals surface area contributed by atoms with Crippen molar-refractivity contribution in [2.45, 2.75) is 20.1 Å². The largest absolute Gasteiger partial charge is 0.392 e. The highest BCUT2D eigenvalue weighted by Crippen LogP contribution is 1.96. The van der Waals surface area contributed by atoms with Crippen LogP contribution in [0.2, 0.25) is 0 Å². The third-order valence-electron chi connectivity index (χ3n) is 1.54. The van der Waals surface area contributed by atoms with E-state index in [0.717, 1.165) is 18.7 Å². The average molecular weight is 170 g/mol. The van der Waals surface area contributed by atoms with E-state index in [4.69, 9.17) is 9.84 Å². The van der Waals surface area contributed by atoms with E-state index in [1.165, 1.54) is 0 Å². The van der Waals surface area contributed by atoms with Gasteiger partial charge in [-0.25, -0.2) is 0 Å². The molecule has 0 aromatic carbocycles. The Labute approximate surface area is 71.8 Å². The van der Waals surface area contributed by atoms with Crippen LogP contribution in [0.25, 0.3) is 0 Å². The Hall–Kier alpha value is -0.870. The lowest BCUT2D eigenvalue weighted by Crippen LogP contribution is -2.05. The molecule has 1 aromatic heterocycles. The number of hydrogen-bond donors (Lipinski definition) is 1. The zero-order valence-electron chi connectivity index (χ0n) is 7.23. The molecule has 0 saturated carbocycles. The molecule has 0 aliphatic rings.